The van der Waals surface area contributed by atoms with Crippen molar-refractivity contribution in [2.24, 2.45) is 5.92 Å². The van der Waals surface area contributed by atoms with Crippen molar-refractivity contribution in [2.75, 3.05) is 33.3 Å². The van der Waals surface area contributed by atoms with E-state index in [1.165, 1.54) is 31.9 Å². The Hall–Kier alpha value is -5.29. The number of nitrogens with one attached hydrogen (secondary N) is 2. The number of phenols is 1. The number of thioether (sulfide) groups is 1. The van der Waals surface area contributed by atoms with Gasteiger partial charge in [0.25, 0.3) is 0 Å². The third-order valence-electron chi connectivity index (χ3n) is 12.3. The Labute approximate surface area is 352 Å². The van der Waals surface area contributed by atoms with Crippen LogP contribution >= 0.6 is 11.8 Å². The number of benzene rings is 3. The number of piperazine rings is 1. The van der Waals surface area contributed by atoms with Gasteiger partial charge in [-0.2, -0.15) is 0 Å². The third kappa shape index (κ3) is 7.02. The van der Waals surface area contributed by atoms with E-state index < -0.39 is 71.5 Å². The highest BCUT2D eigenvalue weighted by Crippen LogP contribution is 2.63. The highest BCUT2D eigenvalue weighted by molar-refractivity contribution is 7.99. The van der Waals surface area contributed by atoms with Crippen molar-refractivity contribution in [2.45, 2.75) is 88.8 Å². The van der Waals surface area contributed by atoms with Crippen LogP contribution in [0.4, 0.5) is 0 Å². The molecule has 15 nitrogen and oxygen atoms in total. The summed E-state index contributed by atoms with van der Waals surface area (Å²) >= 11 is 1.32. The number of hydrogen-bond donors (Lipinski definition) is 4. The largest absolute Gasteiger partial charge is 0.504 e. The van der Waals surface area contributed by atoms with Crippen LogP contribution in [0.1, 0.15) is 77.0 Å². The van der Waals surface area contributed by atoms with Crippen LogP contribution in [-0.4, -0.2) is 107 Å². The molecule has 16 heteroatoms. The maximum Gasteiger partial charge on any atom is 0.329 e. The van der Waals surface area contributed by atoms with Gasteiger partial charge < -0.3 is 44.5 Å². The second-order valence-electron chi connectivity index (χ2n) is 16.3. The number of aliphatic hydroxyl groups is 1. The fourth-order valence-corrected chi connectivity index (χ4v) is 11.1. The summed E-state index contributed by atoms with van der Waals surface area (Å²) < 4.78 is 30.0. The van der Waals surface area contributed by atoms with Gasteiger partial charge in [0.1, 0.15) is 30.7 Å². The number of amides is 2. The first-order valence-corrected chi connectivity index (χ1v) is 21.1. The Kier molecular flexibility index (Phi) is 11.3. The van der Waals surface area contributed by atoms with Gasteiger partial charge in [0.15, 0.2) is 23.0 Å². The molecule has 318 valence electrons. The van der Waals surface area contributed by atoms with E-state index in [-0.39, 0.29) is 36.6 Å². The van der Waals surface area contributed by atoms with Crippen molar-refractivity contribution >= 4 is 41.6 Å². The summed E-state index contributed by atoms with van der Waals surface area (Å²) in [5, 5.41) is 29.5. The topological polar surface area (TPSA) is 185 Å². The van der Waals surface area contributed by atoms with Gasteiger partial charge in [-0.15, -0.1) is 11.8 Å². The summed E-state index contributed by atoms with van der Waals surface area (Å²) in [6.45, 7) is 8.18. The maximum atomic E-state index is 14.1. The number of aliphatic hydroxyl groups excluding tert-OH is 1. The lowest BCUT2D eigenvalue weighted by molar-refractivity contribution is -0.184. The number of fused-ring (bicyclic) bond motifs is 10. The maximum absolute atomic E-state index is 14.1. The number of methoxy groups -OCH3 is 1. The van der Waals surface area contributed by atoms with Gasteiger partial charge in [0, 0.05) is 47.0 Å². The van der Waals surface area contributed by atoms with E-state index in [1.807, 2.05) is 55.3 Å². The van der Waals surface area contributed by atoms with Crippen LogP contribution in [0.15, 0.2) is 42.5 Å². The molecule has 3 aromatic rings. The van der Waals surface area contributed by atoms with Crippen LogP contribution in [0.25, 0.3) is 6.08 Å². The van der Waals surface area contributed by atoms with Gasteiger partial charge in [-0.05, 0) is 56.0 Å². The van der Waals surface area contributed by atoms with Crippen molar-refractivity contribution < 1.29 is 53.1 Å². The van der Waals surface area contributed by atoms with Gasteiger partial charge in [-0.1, -0.05) is 50.2 Å². The Morgan fingerprint density at radius 2 is 1.77 bits per heavy atom. The zero-order valence-corrected chi connectivity index (χ0v) is 35.3. The lowest BCUT2D eigenvalue weighted by Gasteiger charge is -2.62. The highest BCUT2D eigenvalue weighted by Gasteiger charge is 2.60. The molecular formula is C44H50N4O11S. The first kappa shape index (κ1) is 41.4. The van der Waals surface area contributed by atoms with E-state index in [1.54, 1.807) is 26.8 Å². The fourth-order valence-electron chi connectivity index (χ4n) is 9.61. The van der Waals surface area contributed by atoms with E-state index in [0.717, 1.165) is 16.7 Å². The molecule has 2 unspecified atom stereocenters. The lowest BCUT2D eigenvalue weighted by Crippen LogP contribution is -2.69. The summed E-state index contributed by atoms with van der Waals surface area (Å²) in [6, 6.07) is 6.66. The van der Waals surface area contributed by atoms with Gasteiger partial charge in [-0.3, -0.25) is 24.2 Å². The molecule has 9 rings (SSSR count). The van der Waals surface area contributed by atoms with Crippen molar-refractivity contribution in [3.63, 3.8) is 0 Å². The Morgan fingerprint density at radius 1 is 1.03 bits per heavy atom. The van der Waals surface area contributed by atoms with Gasteiger partial charge in [-0.25, -0.2) is 4.79 Å². The van der Waals surface area contributed by atoms with Crippen molar-refractivity contribution in [1.82, 2.24) is 20.4 Å². The number of ether oxygens (including phenoxy) is 5. The fraction of sp³-hybridized carbons (Fsp3) is 0.455. The zero-order chi connectivity index (χ0) is 42.7. The molecule has 8 atom stereocenters. The smallest absolute Gasteiger partial charge is 0.329 e. The number of aromatic hydroxyl groups is 1. The number of phenolic OH excluding ortho intramolecular Hbond substituents is 1. The predicted octanol–water partition coefficient (Wildman–Crippen LogP) is 4.00. The number of carbonyl (C=O) groups excluding carboxylic acids is 4. The van der Waals surface area contributed by atoms with Gasteiger partial charge in [0.05, 0.1) is 30.5 Å². The minimum atomic E-state index is -1.17. The van der Waals surface area contributed by atoms with Crippen molar-refractivity contribution in [1.29, 1.82) is 0 Å². The Balaban J connectivity index is 1.22. The standard InChI is InChI=1S/C44H50N4O11S/c1-20(2)33(46-29(50)14-13-24-11-9-8-10-12-24)42(52)45-26-18-60-41-32-31(40-39(57-19-58-40)22(4)38(32)59-23(5)49)28(17-56-44(26)54)48-35(41)34-30-25(16-27(43(48)53)47(34)6)15-21(3)37(55-7)36(30)51/h8-15,20,26-28,33-35,41,43,51,53H,16-19H2,1-7H3,(H,45,52)(H,46,50)/b14-13+/t26-,27-,28-,33?,34+,35?,41+,43-/m0/s1. The molecule has 2 fully saturated rings. The van der Waals surface area contributed by atoms with Crippen LogP contribution in [0.5, 0.6) is 28.7 Å². The van der Waals surface area contributed by atoms with E-state index >= 15 is 0 Å². The molecule has 4 bridgehead atoms. The van der Waals surface area contributed by atoms with Crippen molar-refractivity contribution in [3.05, 3.63) is 81.4 Å². The first-order chi connectivity index (χ1) is 28.7. The lowest BCUT2D eigenvalue weighted by atomic mass is 9.73. The van der Waals surface area contributed by atoms with E-state index in [2.05, 4.69) is 15.5 Å². The van der Waals surface area contributed by atoms with Crippen LogP contribution in [0.2, 0.25) is 0 Å². The quantitative estimate of drug-likeness (QED) is 0.145. The molecule has 6 heterocycles. The Bertz CT molecular complexity index is 2270. The zero-order valence-electron chi connectivity index (χ0n) is 34.5. The highest BCUT2D eigenvalue weighted by atomic mass is 32.2. The molecule has 60 heavy (non-hydrogen) atoms. The molecule has 4 N–H and O–H groups in total. The molecular weight excluding hydrogens is 793 g/mol. The number of rotatable bonds is 8. The van der Waals surface area contributed by atoms with Crippen LogP contribution in [0.3, 0.4) is 0 Å². The summed E-state index contributed by atoms with van der Waals surface area (Å²) in [5.74, 6) is -1.27. The molecule has 0 saturated carbocycles. The molecule has 0 aliphatic carbocycles. The van der Waals surface area contributed by atoms with E-state index in [4.69, 9.17) is 23.7 Å². The summed E-state index contributed by atoms with van der Waals surface area (Å²) in [5.41, 5.74) is 4.79. The molecule has 6 aliphatic heterocycles. The molecule has 2 saturated heterocycles. The number of likely N-dealkylation sites (N-methyl/N-ethyl adjacent to an activating group) is 1. The monoisotopic (exact) mass is 842 g/mol. The number of esters is 2. The number of aryl methyl sites for hydroxylation is 1. The number of hydrogen-bond acceptors (Lipinski definition) is 14. The first-order valence-electron chi connectivity index (χ1n) is 20.0. The third-order valence-corrected chi connectivity index (χ3v) is 13.7. The minimum absolute atomic E-state index is 0.00337. The second kappa shape index (κ2) is 16.3. The molecule has 0 spiro atoms. The predicted molar refractivity (Wildman–Crippen MR) is 221 cm³/mol. The number of nitrogens with zero attached hydrogens (tertiary/aromatic N) is 2. The van der Waals surface area contributed by atoms with E-state index in [0.29, 0.717) is 45.9 Å². The van der Waals surface area contributed by atoms with Gasteiger partial charge >= 0.3 is 11.9 Å². The molecule has 2 amide bonds. The second-order valence-corrected chi connectivity index (χ2v) is 17.4. The number of carbonyl (C=O) groups is 4. The van der Waals surface area contributed by atoms with Crippen molar-refractivity contribution in [3.8, 4) is 28.7 Å². The van der Waals surface area contributed by atoms with Crippen LogP contribution < -0.4 is 29.6 Å². The van der Waals surface area contributed by atoms with E-state index in [9.17, 15) is 29.4 Å². The molecule has 0 radical (unpaired) electrons. The molecule has 3 aromatic carbocycles. The normalized spacial score (nSPS) is 26.1. The minimum Gasteiger partial charge on any atom is -0.504 e. The average Bonchev–Trinajstić information content (AvgIpc) is 3.71. The van der Waals surface area contributed by atoms with Crippen LogP contribution in [0, 0.1) is 19.8 Å². The summed E-state index contributed by atoms with van der Waals surface area (Å²) in [7, 11) is 3.42. The summed E-state index contributed by atoms with van der Waals surface area (Å²) in [4.78, 5) is 58.1. The Morgan fingerprint density at radius 3 is 2.47 bits per heavy atom. The SMILES string of the molecule is COc1c(C)cc2c(c1O)[C@@H]1C3[C@@H]4SC[C@H](NC(=O)C(NC(=O)/C=C/c5ccccc5)C(C)C)C(=O)OC[C@@H](c5c6c(c(C)c(OC(C)=O)c54)OCO6)N3[C@@H](O)[C@H](C2)N1C. The average molecular weight is 843 g/mol. The molecule has 6 aliphatic rings. The molecule has 0 aromatic heterocycles. The van der Waals surface area contributed by atoms with Crippen LogP contribution in [-0.2, 0) is 30.3 Å². The van der Waals surface area contributed by atoms with Gasteiger partial charge in [0.2, 0.25) is 18.6 Å². The summed E-state index contributed by atoms with van der Waals surface area (Å²) in [6.07, 6.45) is 2.33.